The molecule has 0 spiro atoms. The van der Waals surface area contributed by atoms with Gasteiger partial charge in [0.2, 0.25) is 11.8 Å². The molecule has 2 aromatic carbocycles. The minimum atomic E-state index is -1.71. The molecule has 1 aliphatic carbocycles. The summed E-state index contributed by atoms with van der Waals surface area (Å²) in [5.41, 5.74) is -0.227. The van der Waals surface area contributed by atoms with Crippen LogP contribution in [0.2, 0.25) is 0 Å². The maximum Gasteiger partial charge on any atom is 0.243 e. The van der Waals surface area contributed by atoms with Crippen LogP contribution in [-0.2, 0) is 9.59 Å². The molecule has 0 saturated heterocycles. The lowest BCUT2D eigenvalue weighted by Gasteiger charge is -2.10. The predicted molar refractivity (Wildman–Crippen MR) is 112 cm³/mol. The Labute approximate surface area is 189 Å². The average Bonchev–Trinajstić information content (AvgIpc) is 3.56. The van der Waals surface area contributed by atoms with Crippen molar-refractivity contribution in [3.63, 3.8) is 0 Å². The minimum Gasteiger partial charge on any atom is -0.346 e. The minimum absolute atomic E-state index is 0.102. The van der Waals surface area contributed by atoms with Gasteiger partial charge in [0.05, 0.1) is 23.5 Å². The number of hydrogen-bond donors (Lipinski definition) is 2. The number of rotatable bonds is 8. The van der Waals surface area contributed by atoms with E-state index < -0.39 is 47.3 Å². The number of halogens is 4. The van der Waals surface area contributed by atoms with E-state index in [2.05, 4.69) is 20.8 Å². The number of hydrogen-bond acceptors (Lipinski definition) is 5. The van der Waals surface area contributed by atoms with Gasteiger partial charge < -0.3 is 10.6 Å². The summed E-state index contributed by atoms with van der Waals surface area (Å²) in [4.78, 5) is 24.1. The van der Waals surface area contributed by atoms with Crippen molar-refractivity contribution in [2.45, 2.75) is 24.0 Å². The van der Waals surface area contributed by atoms with Gasteiger partial charge in [0, 0.05) is 6.04 Å². The van der Waals surface area contributed by atoms with Crippen molar-refractivity contribution in [1.29, 1.82) is 0 Å². The van der Waals surface area contributed by atoms with E-state index in [0.717, 1.165) is 30.7 Å². The summed E-state index contributed by atoms with van der Waals surface area (Å²) in [6, 6.07) is 7.88. The summed E-state index contributed by atoms with van der Waals surface area (Å²) in [6.07, 6.45) is 1.78. The molecule has 1 aromatic heterocycles. The zero-order valence-electron chi connectivity index (χ0n) is 16.9. The van der Waals surface area contributed by atoms with Gasteiger partial charge in [0.25, 0.3) is 0 Å². The van der Waals surface area contributed by atoms with E-state index >= 15 is 0 Å². The predicted octanol–water partition coefficient (Wildman–Crippen LogP) is 3.68. The highest BCUT2D eigenvalue weighted by Crippen LogP contribution is 2.41. The van der Waals surface area contributed by atoms with Crippen molar-refractivity contribution >= 4 is 29.3 Å². The van der Waals surface area contributed by atoms with E-state index in [1.807, 2.05) is 0 Å². The smallest absolute Gasteiger partial charge is 0.243 e. The molecule has 0 unspecified atom stereocenters. The zero-order valence-corrected chi connectivity index (χ0v) is 17.8. The van der Waals surface area contributed by atoms with Gasteiger partial charge in [-0.15, -0.1) is 10.2 Å². The second kappa shape index (κ2) is 9.61. The molecule has 7 nitrogen and oxygen atoms in total. The van der Waals surface area contributed by atoms with E-state index in [1.54, 1.807) is 22.8 Å². The molecule has 4 rings (SSSR count). The highest BCUT2D eigenvalue weighted by molar-refractivity contribution is 7.99. The molecular weight excluding hydrogens is 462 g/mol. The van der Waals surface area contributed by atoms with Crippen molar-refractivity contribution in [3.8, 4) is 11.4 Å². The number of nitrogens with zero attached hydrogens (tertiary/aromatic N) is 3. The molecule has 2 amide bonds. The largest absolute Gasteiger partial charge is 0.346 e. The van der Waals surface area contributed by atoms with Gasteiger partial charge >= 0.3 is 0 Å². The van der Waals surface area contributed by atoms with E-state index in [9.17, 15) is 27.2 Å². The summed E-state index contributed by atoms with van der Waals surface area (Å²) in [5, 5.41) is 13.0. The summed E-state index contributed by atoms with van der Waals surface area (Å²) < 4.78 is 55.8. The number of benzene rings is 2. The lowest BCUT2D eigenvalue weighted by molar-refractivity contribution is -0.122. The van der Waals surface area contributed by atoms with E-state index in [1.165, 1.54) is 6.07 Å². The Morgan fingerprint density at radius 1 is 0.970 bits per heavy atom. The lowest BCUT2D eigenvalue weighted by Crippen LogP contribution is -2.34. The van der Waals surface area contributed by atoms with Crippen LogP contribution < -0.4 is 10.6 Å². The van der Waals surface area contributed by atoms with E-state index in [0.29, 0.717) is 22.6 Å². The first-order chi connectivity index (χ1) is 15.8. The Kier molecular flexibility index (Phi) is 6.63. The van der Waals surface area contributed by atoms with Gasteiger partial charge in [-0.2, -0.15) is 0 Å². The normalized spacial score (nSPS) is 13.1. The molecule has 1 fully saturated rings. The molecule has 2 N–H and O–H groups in total. The molecule has 12 heteroatoms. The SMILES string of the molecule is O=C(CSc1nnc(-c2ccccc2F)n1C1CC1)NCC(=O)Nc1ccc(F)c(F)c1F. The number of amides is 2. The average molecular weight is 479 g/mol. The number of anilines is 1. The van der Waals surface area contributed by atoms with Gasteiger partial charge in [-0.3, -0.25) is 14.2 Å². The van der Waals surface area contributed by atoms with Crippen LogP contribution in [0.5, 0.6) is 0 Å². The van der Waals surface area contributed by atoms with Crippen LogP contribution in [0.4, 0.5) is 23.2 Å². The van der Waals surface area contributed by atoms with Crippen LogP contribution in [0.15, 0.2) is 41.6 Å². The summed E-state index contributed by atoms with van der Waals surface area (Å²) in [6.45, 7) is -0.506. The monoisotopic (exact) mass is 479 g/mol. The molecule has 33 heavy (non-hydrogen) atoms. The zero-order chi connectivity index (χ0) is 23.5. The molecule has 3 aromatic rings. The maximum absolute atomic E-state index is 14.2. The van der Waals surface area contributed by atoms with Crippen LogP contribution >= 0.6 is 11.8 Å². The van der Waals surface area contributed by atoms with Crippen molar-refractivity contribution in [3.05, 3.63) is 59.7 Å². The number of carbonyl (C=O) groups excluding carboxylic acids is 2. The van der Waals surface area contributed by atoms with Crippen LogP contribution in [0.25, 0.3) is 11.4 Å². The number of carbonyl (C=O) groups is 2. The third kappa shape index (κ3) is 5.16. The summed E-state index contributed by atoms with van der Waals surface area (Å²) >= 11 is 1.08. The van der Waals surface area contributed by atoms with Gasteiger partial charge in [-0.25, -0.2) is 17.6 Å². The Morgan fingerprint density at radius 2 is 1.73 bits per heavy atom. The Balaban J connectivity index is 1.34. The van der Waals surface area contributed by atoms with Crippen molar-refractivity contribution < 1.29 is 27.2 Å². The molecule has 1 heterocycles. The number of aromatic nitrogens is 3. The Hall–Kier alpha value is -3.41. The topological polar surface area (TPSA) is 88.9 Å². The number of thioether (sulfide) groups is 1. The third-order valence-electron chi connectivity index (χ3n) is 4.78. The first-order valence-electron chi connectivity index (χ1n) is 9.87. The highest BCUT2D eigenvalue weighted by atomic mass is 32.2. The van der Waals surface area contributed by atoms with Gasteiger partial charge in [-0.05, 0) is 37.1 Å². The van der Waals surface area contributed by atoms with Gasteiger partial charge in [-0.1, -0.05) is 23.9 Å². The fourth-order valence-electron chi connectivity index (χ4n) is 3.04. The van der Waals surface area contributed by atoms with E-state index in [-0.39, 0.29) is 11.8 Å². The van der Waals surface area contributed by atoms with E-state index in [4.69, 9.17) is 0 Å². The first-order valence-corrected chi connectivity index (χ1v) is 10.9. The molecule has 0 bridgehead atoms. The van der Waals surface area contributed by atoms with Gasteiger partial charge in [0.15, 0.2) is 28.4 Å². The van der Waals surface area contributed by atoms with Crippen molar-refractivity contribution in [2.75, 3.05) is 17.6 Å². The maximum atomic E-state index is 14.2. The summed E-state index contributed by atoms with van der Waals surface area (Å²) in [5.74, 6) is -6.10. The lowest BCUT2D eigenvalue weighted by atomic mass is 10.2. The molecule has 172 valence electrons. The van der Waals surface area contributed by atoms with Crippen LogP contribution in [0.3, 0.4) is 0 Å². The highest BCUT2D eigenvalue weighted by Gasteiger charge is 2.31. The molecule has 0 aliphatic heterocycles. The van der Waals surface area contributed by atoms with Crippen molar-refractivity contribution in [1.82, 2.24) is 20.1 Å². The molecule has 1 saturated carbocycles. The van der Waals surface area contributed by atoms with Crippen molar-refractivity contribution in [2.24, 2.45) is 0 Å². The molecule has 0 atom stereocenters. The molecule has 0 radical (unpaired) electrons. The van der Waals surface area contributed by atoms with Crippen LogP contribution in [0.1, 0.15) is 18.9 Å². The fraction of sp³-hybridized carbons (Fsp3) is 0.238. The summed E-state index contributed by atoms with van der Waals surface area (Å²) in [7, 11) is 0. The standard InChI is InChI=1S/C21H17F4N5O2S/c22-13-4-2-1-3-12(13)20-28-29-21(30(20)11-5-6-11)33-10-17(32)26-9-16(31)27-15-8-7-14(23)18(24)19(15)25/h1-4,7-8,11H,5-6,9-10H2,(H,26,32)(H,27,31). The molecule has 1 aliphatic rings. The second-order valence-corrected chi connectivity index (χ2v) is 8.17. The second-order valence-electron chi connectivity index (χ2n) is 7.22. The fourth-order valence-corrected chi connectivity index (χ4v) is 3.88. The first kappa shape index (κ1) is 22.8. The quantitative estimate of drug-likeness (QED) is 0.292. The Bertz CT molecular complexity index is 1220. The molecular formula is C21H17F4N5O2S. The van der Waals surface area contributed by atoms with Crippen LogP contribution in [0, 0.1) is 23.3 Å². The third-order valence-corrected chi connectivity index (χ3v) is 5.72. The number of nitrogens with one attached hydrogen (secondary N) is 2. The Morgan fingerprint density at radius 3 is 2.45 bits per heavy atom. The van der Waals surface area contributed by atoms with Gasteiger partial charge in [0.1, 0.15) is 5.82 Å². The van der Waals surface area contributed by atoms with Crippen LogP contribution in [-0.4, -0.2) is 38.9 Å².